The summed E-state index contributed by atoms with van der Waals surface area (Å²) in [7, 11) is -3.64. The molecule has 0 fully saturated rings. The lowest BCUT2D eigenvalue weighted by Gasteiger charge is -2.05. The summed E-state index contributed by atoms with van der Waals surface area (Å²) in [5.74, 6) is -1.07. The molecule has 9 nitrogen and oxygen atoms in total. The number of nitrogens with zero attached hydrogens (tertiary/aromatic N) is 3. The molecule has 0 radical (unpaired) electrons. The highest BCUT2D eigenvalue weighted by Crippen LogP contribution is 2.22. The third-order valence-corrected chi connectivity index (χ3v) is 7.34. The normalized spacial score (nSPS) is 15.7. The van der Waals surface area contributed by atoms with Gasteiger partial charge in [-0.3, -0.25) is 19.3 Å². The molecule has 1 amide bonds. The Bertz CT molecular complexity index is 1440. The summed E-state index contributed by atoms with van der Waals surface area (Å²) >= 11 is 7.48. The SMILES string of the molecule is O=C(COC(=O)CCN=C1NS(=O)(=O)c2ccccc21)N=c1sccn1Cc1ccccc1Cl. The maximum atomic E-state index is 12.2. The van der Waals surface area contributed by atoms with Crippen molar-refractivity contribution in [2.24, 2.45) is 9.98 Å². The molecule has 1 aliphatic heterocycles. The van der Waals surface area contributed by atoms with Crippen LogP contribution in [0, 0.1) is 0 Å². The number of amidine groups is 1. The lowest BCUT2D eigenvalue weighted by molar-refractivity contribution is -0.147. The number of benzene rings is 2. The smallest absolute Gasteiger partial charge is 0.308 e. The van der Waals surface area contributed by atoms with E-state index < -0.39 is 28.5 Å². The molecule has 0 spiro atoms. The Hall–Kier alpha value is -3.28. The first-order valence-corrected chi connectivity index (χ1v) is 12.8. The quantitative estimate of drug-likeness (QED) is 0.481. The van der Waals surface area contributed by atoms with Crippen molar-refractivity contribution in [2.45, 2.75) is 17.9 Å². The molecule has 0 saturated carbocycles. The van der Waals surface area contributed by atoms with Gasteiger partial charge in [0.05, 0.1) is 24.4 Å². The fourth-order valence-electron chi connectivity index (χ4n) is 3.18. The monoisotopic (exact) mass is 518 g/mol. The second-order valence-electron chi connectivity index (χ2n) is 7.15. The molecule has 3 aromatic rings. The first-order chi connectivity index (χ1) is 16.3. The third kappa shape index (κ3) is 5.61. The van der Waals surface area contributed by atoms with Gasteiger partial charge < -0.3 is 9.30 Å². The number of ether oxygens (including phenoxy) is 1. The van der Waals surface area contributed by atoms with Gasteiger partial charge in [0, 0.05) is 22.2 Å². The number of esters is 1. The number of hydrogen-bond acceptors (Lipinski definition) is 7. The molecule has 0 saturated heterocycles. The zero-order chi connectivity index (χ0) is 24.1. The van der Waals surface area contributed by atoms with Crippen LogP contribution in [0.4, 0.5) is 0 Å². The van der Waals surface area contributed by atoms with Crippen LogP contribution in [0.5, 0.6) is 0 Å². The number of thiazole rings is 1. The van der Waals surface area contributed by atoms with Gasteiger partial charge in [0.25, 0.3) is 15.9 Å². The molecule has 4 rings (SSSR count). The molecule has 1 aromatic heterocycles. The number of sulfonamides is 1. The number of fused-ring (bicyclic) bond motifs is 1. The van der Waals surface area contributed by atoms with E-state index in [9.17, 15) is 18.0 Å². The zero-order valence-corrected chi connectivity index (χ0v) is 20.1. The van der Waals surface area contributed by atoms with Crippen LogP contribution in [0.25, 0.3) is 0 Å². The number of rotatable bonds is 7. The Morgan fingerprint density at radius 3 is 2.71 bits per heavy atom. The molecule has 34 heavy (non-hydrogen) atoms. The Balaban J connectivity index is 1.31. The molecule has 12 heteroatoms. The summed E-state index contributed by atoms with van der Waals surface area (Å²) in [4.78, 5) is 33.0. The van der Waals surface area contributed by atoms with Crippen molar-refractivity contribution in [3.63, 3.8) is 0 Å². The minimum atomic E-state index is -3.64. The van der Waals surface area contributed by atoms with Crippen LogP contribution in [0.3, 0.4) is 0 Å². The molecule has 0 bridgehead atoms. The maximum absolute atomic E-state index is 12.2. The summed E-state index contributed by atoms with van der Waals surface area (Å²) in [6.45, 7) is -0.0593. The zero-order valence-electron chi connectivity index (χ0n) is 17.7. The number of halogens is 1. The Kier molecular flexibility index (Phi) is 7.25. The van der Waals surface area contributed by atoms with Gasteiger partial charge in [-0.1, -0.05) is 41.9 Å². The molecule has 1 N–H and O–H groups in total. The van der Waals surface area contributed by atoms with Gasteiger partial charge in [0.15, 0.2) is 11.4 Å². The second-order valence-corrected chi connectivity index (χ2v) is 10.1. The van der Waals surface area contributed by atoms with Crippen LogP contribution in [-0.2, 0) is 30.9 Å². The predicted molar refractivity (Wildman–Crippen MR) is 127 cm³/mol. The van der Waals surface area contributed by atoms with E-state index >= 15 is 0 Å². The largest absolute Gasteiger partial charge is 0.455 e. The van der Waals surface area contributed by atoms with E-state index in [0.717, 1.165) is 5.56 Å². The number of carbonyl (C=O) groups excluding carboxylic acids is 2. The third-order valence-electron chi connectivity index (χ3n) is 4.78. The summed E-state index contributed by atoms with van der Waals surface area (Å²) in [6, 6.07) is 13.8. The van der Waals surface area contributed by atoms with Crippen LogP contribution < -0.4 is 9.52 Å². The summed E-state index contributed by atoms with van der Waals surface area (Å²) in [5.41, 5.74) is 1.34. The highest BCUT2D eigenvalue weighted by Gasteiger charge is 2.29. The van der Waals surface area contributed by atoms with Crippen LogP contribution in [0.2, 0.25) is 5.02 Å². The van der Waals surface area contributed by atoms with Crippen LogP contribution in [0.1, 0.15) is 17.5 Å². The number of amides is 1. The fraction of sp³-hybridized carbons (Fsp3) is 0.182. The summed E-state index contributed by atoms with van der Waals surface area (Å²) in [6.07, 6.45) is 1.67. The molecular formula is C22H19ClN4O5S2. The standard InChI is InChI=1S/C22H19ClN4O5S2/c23-17-7-3-1-5-15(17)13-27-11-12-33-22(27)25-19(28)14-32-20(29)9-10-24-21-16-6-2-4-8-18(16)34(30,31)26-21/h1-8,11-12H,9-10,13-14H2,(H,24,26). The van der Waals surface area contributed by atoms with Crippen LogP contribution in [0.15, 0.2) is 75.0 Å². The maximum Gasteiger partial charge on any atom is 0.308 e. The number of nitrogens with one attached hydrogen (secondary N) is 1. The minimum Gasteiger partial charge on any atom is -0.455 e. The highest BCUT2D eigenvalue weighted by atomic mass is 35.5. The highest BCUT2D eigenvalue weighted by molar-refractivity contribution is 7.90. The average molecular weight is 519 g/mol. The minimum absolute atomic E-state index is 0.000879. The van der Waals surface area contributed by atoms with Crippen molar-refractivity contribution >= 4 is 50.7 Å². The molecule has 176 valence electrons. The number of aromatic nitrogens is 1. The van der Waals surface area contributed by atoms with Gasteiger partial charge in [-0.25, -0.2) is 8.42 Å². The van der Waals surface area contributed by atoms with Gasteiger partial charge in [-0.2, -0.15) is 4.99 Å². The number of hydrogen-bond donors (Lipinski definition) is 1. The number of carbonyl (C=O) groups is 2. The van der Waals surface area contributed by atoms with Gasteiger partial charge in [-0.05, 0) is 23.8 Å². The number of aliphatic imine (C=N–C) groups is 1. The van der Waals surface area contributed by atoms with E-state index in [2.05, 4.69) is 14.7 Å². The van der Waals surface area contributed by atoms with Crippen molar-refractivity contribution < 1.29 is 22.7 Å². The first kappa shape index (κ1) is 23.9. The van der Waals surface area contributed by atoms with Gasteiger partial charge in [-0.15, -0.1) is 11.3 Å². The van der Waals surface area contributed by atoms with Gasteiger partial charge in [0.1, 0.15) is 5.84 Å². The molecule has 2 aromatic carbocycles. The topological polar surface area (TPSA) is 119 Å². The molecule has 0 atom stereocenters. The fourth-order valence-corrected chi connectivity index (χ4v) is 5.37. The Morgan fingerprint density at radius 2 is 1.88 bits per heavy atom. The molecule has 0 unspecified atom stereocenters. The lowest BCUT2D eigenvalue weighted by Crippen LogP contribution is -2.23. The van der Waals surface area contributed by atoms with Crippen LogP contribution in [-0.4, -0.2) is 43.8 Å². The second kappa shape index (κ2) is 10.3. The van der Waals surface area contributed by atoms with E-state index in [1.165, 1.54) is 17.4 Å². The Labute approximate surface area is 204 Å². The molecule has 0 aliphatic carbocycles. The van der Waals surface area contributed by atoms with E-state index in [4.69, 9.17) is 16.3 Å². The van der Waals surface area contributed by atoms with Crippen molar-refractivity contribution in [3.05, 3.63) is 81.1 Å². The van der Waals surface area contributed by atoms with Gasteiger partial charge >= 0.3 is 5.97 Å². The lowest BCUT2D eigenvalue weighted by atomic mass is 10.2. The van der Waals surface area contributed by atoms with Crippen molar-refractivity contribution in [1.82, 2.24) is 9.29 Å². The summed E-state index contributed by atoms with van der Waals surface area (Å²) < 4.78 is 33.3. The van der Waals surface area contributed by atoms with Crippen molar-refractivity contribution in [1.29, 1.82) is 0 Å². The van der Waals surface area contributed by atoms with E-state index in [1.54, 1.807) is 40.4 Å². The first-order valence-electron chi connectivity index (χ1n) is 10.1. The van der Waals surface area contributed by atoms with Crippen molar-refractivity contribution in [3.8, 4) is 0 Å². The molecule has 2 heterocycles. The van der Waals surface area contributed by atoms with Gasteiger partial charge in [0.2, 0.25) is 0 Å². The molecular weight excluding hydrogens is 500 g/mol. The van der Waals surface area contributed by atoms with E-state index in [-0.39, 0.29) is 23.7 Å². The predicted octanol–water partition coefficient (Wildman–Crippen LogP) is 2.35. The molecule has 1 aliphatic rings. The average Bonchev–Trinajstić information content (AvgIpc) is 3.35. The van der Waals surface area contributed by atoms with E-state index in [1.807, 2.05) is 18.2 Å². The van der Waals surface area contributed by atoms with Crippen molar-refractivity contribution in [2.75, 3.05) is 13.2 Å². The van der Waals surface area contributed by atoms with Crippen LogP contribution >= 0.6 is 22.9 Å². The van der Waals surface area contributed by atoms with E-state index in [0.29, 0.717) is 21.9 Å². The summed E-state index contributed by atoms with van der Waals surface area (Å²) in [5, 5.41) is 2.41. The Morgan fingerprint density at radius 1 is 1.12 bits per heavy atom.